The third kappa shape index (κ3) is 39.3. The Morgan fingerprint density at radius 1 is 0.700 bits per heavy atom. The van der Waals surface area contributed by atoms with Crippen LogP contribution in [0.2, 0.25) is 0 Å². The fraction of sp³-hybridized carbons (Fsp3) is 0.875. The number of hydrogen-bond acceptors (Lipinski definition) is 7. The molecule has 0 saturated heterocycles. The molecule has 0 atom stereocenters. The molecule has 0 aromatic carbocycles. The summed E-state index contributed by atoms with van der Waals surface area (Å²) in [5.74, 6) is -4.63. The Balaban J connectivity index is -0.000000288. The first-order chi connectivity index (χ1) is 12.9. The quantitative estimate of drug-likeness (QED) is 0.128. The Morgan fingerprint density at radius 2 is 1.07 bits per heavy atom. The molecule has 10 nitrogen and oxygen atoms in total. The number of esters is 1. The molecule has 0 amide bonds. The van der Waals surface area contributed by atoms with Crippen molar-refractivity contribution in [3.05, 3.63) is 0 Å². The molecule has 30 heavy (non-hydrogen) atoms. The van der Waals surface area contributed by atoms with Crippen molar-refractivity contribution in [3.8, 4) is 0 Å². The van der Waals surface area contributed by atoms with E-state index in [4.69, 9.17) is 18.9 Å². The average Bonchev–Trinajstić information content (AvgIpc) is 2.49. The van der Waals surface area contributed by atoms with E-state index in [9.17, 15) is 26.4 Å². The fourth-order valence-corrected chi connectivity index (χ4v) is 2.82. The van der Waals surface area contributed by atoms with Crippen LogP contribution in [0.3, 0.4) is 0 Å². The molecule has 0 heterocycles. The second-order valence-electron chi connectivity index (χ2n) is 6.25. The third-order valence-electron chi connectivity index (χ3n) is 3.37. The van der Waals surface area contributed by atoms with E-state index in [0.29, 0.717) is 0 Å². The predicted molar refractivity (Wildman–Crippen MR) is 118 cm³/mol. The summed E-state index contributed by atoms with van der Waals surface area (Å²) in [7, 11) is -8.59. The minimum atomic E-state index is -4.32. The van der Waals surface area contributed by atoms with Gasteiger partial charge in [-0.1, -0.05) is 64.7 Å². The number of carbonyl (C=O) groups excluding carboxylic acids is 1. The molecule has 3 N–H and O–H groups in total. The van der Waals surface area contributed by atoms with Crippen LogP contribution >= 0.6 is 0 Å². The number of carbonyl (C=O) groups is 2. The summed E-state index contributed by atoms with van der Waals surface area (Å²) in [6.45, 7) is 2.44. The first kappa shape index (κ1) is 38.0. The van der Waals surface area contributed by atoms with E-state index in [1.54, 1.807) is 0 Å². The van der Waals surface area contributed by atoms with Crippen molar-refractivity contribution in [2.75, 3.05) is 18.1 Å². The van der Waals surface area contributed by atoms with Gasteiger partial charge in [0.1, 0.15) is 0 Å². The van der Waals surface area contributed by atoms with Crippen LogP contribution in [-0.2, 0) is 34.6 Å². The molecule has 0 aliphatic carbocycles. The van der Waals surface area contributed by atoms with Crippen LogP contribution in [0.4, 0.5) is 0 Å². The minimum absolute atomic E-state index is 0. The second kappa shape index (κ2) is 22.9. The SMILES string of the molecule is CCCCCCCCCCCCOC(=O)CS(=O)(=O)O.O=C(O)CS(=O)(=O)O.[NaH].[NaH]. The van der Waals surface area contributed by atoms with Gasteiger partial charge >= 0.3 is 71.1 Å². The molecule has 0 unspecified atom stereocenters. The summed E-state index contributed by atoms with van der Waals surface area (Å²) >= 11 is 0. The van der Waals surface area contributed by atoms with E-state index in [-0.39, 0.29) is 65.7 Å². The van der Waals surface area contributed by atoms with Crippen LogP contribution in [0, 0.1) is 0 Å². The molecule has 0 rings (SSSR count). The van der Waals surface area contributed by atoms with E-state index in [1.165, 1.54) is 44.9 Å². The number of rotatable bonds is 15. The van der Waals surface area contributed by atoms with Gasteiger partial charge in [0.25, 0.3) is 20.2 Å². The van der Waals surface area contributed by atoms with E-state index < -0.39 is 43.7 Å². The van der Waals surface area contributed by atoms with Gasteiger partial charge in [-0.05, 0) is 6.42 Å². The predicted octanol–water partition coefficient (Wildman–Crippen LogP) is 1.00. The second-order valence-corrected chi connectivity index (χ2v) is 9.15. The van der Waals surface area contributed by atoms with E-state index >= 15 is 0 Å². The molecule has 172 valence electrons. The Labute approximate surface area is 224 Å². The summed E-state index contributed by atoms with van der Waals surface area (Å²) < 4.78 is 61.0. The number of carboxylic acids is 1. The Bertz CT molecular complexity index is 636. The zero-order valence-corrected chi connectivity index (χ0v) is 17.8. The van der Waals surface area contributed by atoms with Crippen molar-refractivity contribution in [1.82, 2.24) is 0 Å². The molecule has 0 aliphatic heterocycles. The number of unbranched alkanes of at least 4 members (excludes halogenated alkanes) is 9. The molecule has 0 radical (unpaired) electrons. The molecule has 14 heteroatoms. The molecule has 0 fully saturated rings. The van der Waals surface area contributed by atoms with Crippen molar-refractivity contribution in [2.45, 2.75) is 71.1 Å². The molecule has 0 aliphatic rings. The number of aliphatic carboxylic acids is 1. The van der Waals surface area contributed by atoms with Gasteiger partial charge in [0.05, 0.1) is 6.61 Å². The van der Waals surface area contributed by atoms with Crippen LogP contribution in [-0.4, -0.2) is 120 Å². The van der Waals surface area contributed by atoms with Crippen molar-refractivity contribution < 1.29 is 45.4 Å². The number of hydrogen-bond donors (Lipinski definition) is 3. The average molecular weight is 497 g/mol. The maximum absolute atomic E-state index is 11.0. The van der Waals surface area contributed by atoms with Crippen LogP contribution in [0.15, 0.2) is 0 Å². The Hall–Kier alpha value is 0.760. The van der Waals surface area contributed by atoms with Crippen molar-refractivity contribution >= 4 is 91.3 Å². The zero-order chi connectivity index (χ0) is 22.1. The normalized spacial score (nSPS) is 10.6. The van der Waals surface area contributed by atoms with Gasteiger partial charge in [0.15, 0.2) is 11.5 Å². The topological polar surface area (TPSA) is 172 Å². The molecular weight excluding hydrogens is 462 g/mol. The summed E-state index contributed by atoms with van der Waals surface area (Å²) in [6.07, 6.45) is 11.8. The summed E-state index contributed by atoms with van der Waals surface area (Å²) in [5, 5.41) is 7.71. The monoisotopic (exact) mass is 496 g/mol. The van der Waals surface area contributed by atoms with Gasteiger partial charge in [0.2, 0.25) is 0 Å². The zero-order valence-electron chi connectivity index (χ0n) is 16.2. The number of carboxylic acid groups (broad SMARTS) is 1. The van der Waals surface area contributed by atoms with E-state index in [2.05, 4.69) is 6.92 Å². The van der Waals surface area contributed by atoms with Gasteiger partial charge < -0.3 is 9.84 Å². The van der Waals surface area contributed by atoms with Crippen LogP contribution in [0.5, 0.6) is 0 Å². The maximum atomic E-state index is 11.0. The van der Waals surface area contributed by atoms with Gasteiger partial charge in [-0.2, -0.15) is 16.8 Å². The van der Waals surface area contributed by atoms with Gasteiger partial charge in [0, 0.05) is 0 Å². The Kier molecular flexibility index (Phi) is 29.1. The van der Waals surface area contributed by atoms with E-state index in [1.807, 2.05) is 0 Å². The fourth-order valence-electron chi connectivity index (χ4n) is 2.12. The van der Waals surface area contributed by atoms with Crippen molar-refractivity contribution in [3.63, 3.8) is 0 Å². The molecule has 0 spiro atoms. The summed E-state index contributed by atoms with van der Waals surface area (Å²) in [6, 6.07) is 0. The van der Waals surface area contributed by atoms with Crippen molar-refractivity contribution in [2.24, 2.45) is 0 Å². The third-order valence-corrected chi connectivity index (χ3v) is 4.58. The first-order valence-corrected chi connectivity index (χ1v) is 12.4. The van der Waals surface area contributed by atoms with Crippen LogP contribution in [0.25, 0.3) is 0 Å². The van der Waals surface area contributed by atoms with Crippen LogP contribution < -0.4 is 0 Å². The van der Waals surface area contributed by atoms with Gasteiger partial charge in [-0.15, -0.1) is 0 Å². The van der Waals surface area contributed by atoms with E-state index in [0.717, 1.165) is 19.3 Å². The molecular formula is C16H34Na2O10S2. The first-order valence-electron chi connectivity index (χ1n) is 9.15. The molecule has 0 aromatic heterocycles. The van der Waals surface area contributed by atoms with Crippen molar-refractivity contribution in [1.29, 1.82) is 0 Å². The summed E-state index contributed by atoms with van der Waals surface area (Å²) in [5.41, 5.74) is 0. The molecule has 0 saturated carbocycles. The number of ether oxygens (including phenoxy) is 1. The standard InChI is InChI=1S/C14H28O5S.C2H4O5S.2Na.2H/c1-2-3-4-5-6-7-8-9-10-11-12-19-14(15)13-20(16,17)18;3-2(4)1-8(5,6)7;;;;/h2-13H2,1H3,(H,16,17,18);1H2,(H,3,4)(H,5,6,7);;;;. The van der Waals surface area contributed by atoms with Gasteiger partial charge in [-0.3, -0.25) is 18.7 Å². The van der Waals surface area contributed by atoms with Crippen LogP contribution in [0.1, 0.15) is 71.1 Å². The molecule has 0 aromatic rings. The Morgan fingerprint density at radius 3 is 1.37 bits per heavy atom. The summed E-state index contributed by atoms with van der Waals surface area (Å²) in [4.78, 5) is 20.4. The van der Waals surface area contributed by atoms with Gasteiger partial charge in [-0.25, -0.2) is 0 Å². The molecule has 0 bridgehead atoms.